The lowest BCUT2D eigenvalue weighted by Crippen LogP contribution is -2.36. The molecule has 4 rings (SSSR count). The van der Waals surface area contributed by atoms with Crippen molar-refractivity contribution in [3.63, 3.8) is 0 Å². The number of ether oxygens (including phenoxy) is 2. The summed E-state index contributed by atoms with van der Waals surface area (Å²) < 4.78 is 10.8. The minimum Gasteiger partial charge on any atom is -0.454 e. The summed E-state index contributed by atoms with van der Waals surface area (Å²) in [5, 5.41) is 3.05. The standard InChI is InChI=1S/C20H23N3O3/c1-23(2)19(15-6-7-17-18(9-15)26-12-25-17)20(24)22-11-13-8-14-4-3-5-16(14)21-10-13/h6-10,19H,3-5,11-12H2,1-2H3,(H,22,24). The minimum atomic E-state index is -0.396. The summed E-state index contributed by atoms with van der Waals surface area (Å²) >= 11 is 0. The maximum absolute atomic E-state index is 12.8. The van der Waals surface area contributed by atoms with Crippen LogP contribution < -0.4 is 14.8 Å². The molecule has 0 spiro atoms. The lowest BCUT2D eigenvalue weighted by atomic mass is 10.0. The number of hydrogen-bond acceptors (Lipinski definition) is 5. The summed E-state index contributed by atoms with van der Waals surface area (Å²) in [6.07, 6.45) is 5.19. The van der Waals surface area contributed by atoms with E-state index in [0.29, 0.717) is 12.3 Å². The summed E-state index contributed by atoms with van der Waals surface area (Å²) in [7, 11) is 3.79. The monoisotopic (exact) mass is 353 g/mol. The summed E-state index contributed by atoms with van der Waals surface area (Å²) in [6, 6.07) is 7.41. The molecule has 1 unspecified atom stereocenters. The van der Waals surface area contributed by atoms with Gasteiger partial charge in [0, 0.05) is 18.4 Å². The largest absolute Gasteiger partial charge is 0.454 e. The second-order valence-corrected chi connectivity index (χ2v) is 7.00. The molecule has 0 radical (unpaired) electrons. The van der Waals surface area contributed by atoms with E-state index in [1.165, 1.54) is 17.7 Å². The van der Waals surface area contributed by atoms with Crippen LogP contribution in [-0.2, 0) is 24.2 Å². The normalized spacial score (nSPS) is 15.8. The van der Waals surface area contributed by atoms with Gasteiger partial charge in [0.1, 0.15) is 6.04 Å². The van der Waals surface area contributed by atoms with Gasteiger partial charge in [-0.1, -0.05) is 12.1 Å². The van der Waals surface area contributed by atoms with Gasteiger partial charge >= 0.3 is 0 Å². The van der Waals surface area contributed by atoms with Gasteiger partial charge in [-0.25, -0.2) is 0 Å². The Morgan fingerprint density at radius 3 is 2.92 bits per heavy atom. The van der Waals surface area contributed by atoms with E-state index in [4.69, 9.17) is 9.47 Å². The lowest BCUT2D eigenvalue weighted by Gasteiger charge is -2.24. The van der Waals surface area contributed by atoms with Crippen LogP contribution in [0.3, 0.4) is 0 Å². The summed E-state index contributed by atoms with van der Waals surface area (Å²) in [5.41, 5.74) is 4.44. The molecule has 0 bridgehead atoms. The first kappa shape index (κ1) is 16.8. The molecule has 1 aromatic carbocycles. The molecule has 1 aromatic heterocycles. The van der Waals surface area contributed by atoms with E-state index in [2.05, 4.69) is 16.4 Å². The molecule has 1 amide bonds. The molecule has 1 atom stereocenters. The highest BCUT2D eigenvalue weighted by Crippen LogP contribution is 2.35. The molecule has 2 aliphatic rings. The van der Waals surface area contributed by atoms with Crippen LogP contribution in [0.2, 0.25) is 0 Å². The second kappa shape index (κ2) is 6.96. The number of amides is 1. The molecule has 26 heavy (non-hydrogen) atoms. The van der Waals surface area contributed by atoms with Gasteiger partial charge < -0.3 is 14.8 Å². The molecule has 1 aliphatic heterocycles. The van der Waals surface area contributed by atoms with Gasteiger partial charge in [-0.2, -0.15) is 0 Å². The number of aromatic nitrogens is 1. The molecule has 0 fully saturated rings. The Balaban J connectivity index is 1.47. The fraction of sp³-hybridized carbons (Fsp3) is 0.400. The van der Waals surface area contributed by atoms with Crippen molar-refractivity contribution in [1.82, 2.24) is 15.2 Å². The van der Waals surface area contributed by atoms with Crippen LogP contribution >= 0.6 is 0 Å². The van der Waals surface area contributed by atoms with E-state index in [1.807, 2.05) is 43.4 Å². The molecule has 0 saturated carbocycles. The number of aryl methyl sites for hydroxylation is 2. The van der Waals surface area contributed by atoms with Crippen LogP contribution in [0.5, 0.6) is 11.5 Å². The van der Waals surface area contributed by atoms with Gasteiger partial charge in [0.2, 0.25) is 12.7 Å². The second-order valence-electron chi connectivity index (χ2n) is 7.00. The van der Waals surface area contributed by atoms with Crippen molar-refractivity contribution in [2.24, 2.45) is 0 Å². The zero-order valence-corrected chi connectivity index (χ0v) is 15.1. The number of carbonyl (C=O) groups excluding carboxylic acids is 1. The molecule has 0 saturated heterocycles. The Morgan fingerprint density at radius 1 is 1.23 bits per heavy atom. The molecule has 6 heteroatoms. The third-order valence-corrected chi connectivity index (χ3v) is 4.92. The number of benzene rings is 1. The van der Waals surface area contributed by atoms with Crippen LogP contribution in [0.25, 0.3) is 0 Å². The lowest BCUT2D eigenvalue weighted by molar-refractivity contribution is -0.125. The van der Waals surface area contributed by atoms with Gasteiger partial charge in [-0.15, -0.1) is 0 Å². The van der Waals surface area contributed by atoms with Crippen molar-refractivity contribution >= 4 is 5.91 Å². The first-order valence-corrected chi connectivity index (χ1v) is 8.92. The molecule has 1 aliphatic carbocycles. The predicted molar refractivity (Wildman–Crippen MR) is 97.1 cm³/mol. The number of hydrogen-bond donors (Lipinski definition) is 1. The molecular formula is C20H23N3O3. The number of nitrogens with zero attached hydrogens (tertiary/aromatic N) is 2. The van der Waals surface area contributed by atoms with E-state index in [1.54, 1.807) is 0 Å². The van der Waals surface area contributed by atoms with Crippen molar-refractivity contribution in [2.75, 3.05) is 20.9 Å². The maximum atomic E-state index is 12.8. The molecule has 2 heterocycles. The van der Waals surface area contributed by atoms with E-state index >= 15 is 0 Å². The summed E-state index contributed by atoms with van der Waals surface area (Å²) in [4.78, 5) is 19.3. The van der Waals surface area contributed by atoms with Crippen molar-refractivity contribution in [3.05, 3.63) is 52.8 Å². The number of fused-ring (bicyclic) bond motifs is 2. The SMILES string of the molecule is CN(C)C(C(=O)NCc1cnc2c(c1)CCC2)c1ccc2c(c1)OCO2. The third-order valence-electron chi connectivity index (χ3n) is 4.92. The number of carbonyl (C=O) groups is 1. The van der Waals surface area contributed by atoms with Gasteiger partial charge in [0.15, 0.2) is 11.5 Å². The van der Waals surface area contributed by atoms with E-state index in [0.717, 1.165) is 29.7 Å². The highest BCUT2D eigenvalue weighted by molar-refractivity contribution is 5.83. The van der Waals surface area contributed by atoms with E-state index < -0.39 is 6.04 Å². The summed E-state index contributed by atoms with van der Waals surface area (Å²) in [5.74, 6) is 1.36. The predicted octanol–water partition coefficient (Wildman–Crippen LogP) is 2.22. The van der Waals surface area contributed by atoms with Crippen molar-refractivity contribution in [2.45, 2.75) is 31.8 Å². The third kappa shape index (κ3) is 3.24. The fourth-order valence-corrected chi connectivity index (χ4v) is 3.63. The van der Waals surface area contributed by atoms with Crippen molar-refractivity contribution < 1.29 is 14.3 Å². The molecular weight excluding hydrogens is 330 g/mol. The van der Waals surface area contributed by atoms with Crippen molar-refractivity contribution in [3.8, 4) is 11.5 Å². The smallest absolute Gasteiger partial charge is 0.242 e. The van der Waals surface area contributed by atoms with Crippen LogP contribution in [0, 0.1) is 0 Å². The number of rotatable bonds is 5. The highest BCUT2D eigenvalue weighted by Gasteiger charge is 2.25. The zero-order chi connectivity index (χ0) is 18.1. The number of nitrogens with one attached hydrogen (secondary N) is 1. The van der Waals surface area contributed by atoms with Gasteiger partial charge in [0.05, 0.1) is 0 Å². The Kier molecular flexibility index (Phi) is 4.51. The van der Waals surface area contributed by atoms with Gasteiger partial charge in [0.25, 0.3) is 0 Å². The molecule has 6 nitrogen and oxygen atoms in total. The maximum Gasteiger partial charge on any atom is 0.242 e. The Morgan fingerprint density at radius 2 is 2.08 bits per heavy atom. The van der Waals surface area contributed by atoms with Crippen LogP contribution in [-0.4, -0.2) is 36.7 Å². The van der Waals surface area contributed by atoms with Crippen LogP contribution in [0.15, 0.2) is 30.5 Å². The topological polar surface area (TPSA) is 63.7 Å². The number of pyridine rings is 1. The van der Waals surface area contributed by atoms with Gasteiger partial charge in [-0.05, 0) is 62.2 Å². The van der Waals surface area contributed by atoms with E-state index in [9.17, 15) is 4.79 Å². The first-order chi connectivity index (χ1) is 12.6. The molecule has 2 aromatic rings. The summed E-state index contributed by atoms with van der Waals surface area (Å²) in [6.45, 7) is 0.705. The first-order valence-electron chi connectivity index (χ1n) is 8.92. The average Bonchev–Trinajstić information content (AvgIpc) is 3.27. The quantitative estimate of drug-likeness (QED) is 0.893. The minimum absolute atomic E-state index is 0.0469. The van der Waals surface area contributed by atoms with Crippen molar-refractivity contribution in [1.29, 1.82) is 0 Å². The number of likely N-dealkylation sites (N-methyl/N-ethyl adjacent to an activating group) is 1. The van der Waals surface area contributed by atoms with Crippen LogP contribution in [0.1, 0.15) is 34.8 Å². The molecule has 136 valence electrons. The Labute approximate surface area is 153 Å². The Bertz CT molecular complexity index is 835. The fourth-order valence-electron chi connectivity index (χ4n) is 3.63. The van der Waals surface area contributed by atoms with Gasteiger partial charge in [-0.3, -0.25) is 14.7 Å². The Hall–Kier alpha value is -2.60. The average molecular weight is 353 g/mol. The zero-order valence-electron chi connectivity index (χ0n) is 15.1. The van der Waals surface area contributed by atoms with Crippen LogP contribution in [0.4, 0.5) is 0 Å². The molecule has 1 N–H and O–H groups in total. The van der Waals surface area contributed by atoms with E-state index in [-0.39, 0.29) is 12.7 Å². The highest BCUT2D eigenvalue weighted by atomic mass is 16.7.